The largest absolute Gasteiger partial charge is 0.338 e. The molecular formula is C22H25FN2O2. The van der Waals surface area contributed by atoms with Gasteiger partial charge in [0, 0.05) is 37.2 Å². The van der Waals surface area contributed by atoms with E-state index >= 15 is 0 Å². The van der Waals surface area contributed by atoms with Crippen molar-refractivity contribution in [3.05, 3.63) is 54.0 Å². The van der Waals surface area contributed by atoms with Crippen LogP contribution in [-0.4, -0.2) is 34.7 Å². The van der Waals surface area contributed by atoms with Crippen LogP contribution in [0.25, 0.3) is 11.3 Å². The van der Waals surface area contributed by atoms with Crippen molar-refractivity contribution in [3.8, 4) is 11.3 Å². The Balaban J connectivity index is 1.68. The SMILES string of the molecule is CC(C)CC(=O)C1CCCN(C(=O)c2ccc(-c3ccc(F)cc3)nc2)C1. The van der Waals surface area contributed by atoms with Gasteiger partial charge < -0.3 is 4.90 Å². The van der Waals surface area contributed by atoms with E-state index in [4.69, 9.17) is 0 Å². The van der Waals surface area contributed by atoms with Gasteiger partial charge in [-0.3, -0.25) is 14.6 Å². The van der Waals surface area contributed by atoms with Gasteiger partial charge in [0.15, 0.2) is 0 Å². The summed E-state index contributed by atoms with van der Waals surface area (Å²) in [5, 5.41) is 0. The molecule has 2 heterocycles. The predicted molar refractivity (Wildman–Crippen MR) is 103 cm³/mol. The topological polar surface area (TPSA) is 50.3 Å². The summed E-state index contributed by atoms with van der Waals surface area (Å²) in [6.45, 7) is 5.24. The molecule has 5 heteroatoms. The Morgan fingerprint density at radius 2 is 1.93 bits per heavy atom. The lowest BCUT2D eigenvalue weighted by molar-refractivity contribution is -0.124. The summed E-state index contributed by atoms with van der Waals surface area (Å²) in [5.41, 5.74) is 2.00. The predicted octanol–water partition coefficient (Wildman–Crippen LogP) is 4.36. The first kappa shape index (κ1) is 19.2. The van der Waals surface area contributed by atoms with E-state index < -0.39 is 0 Å². The molecule has 0 aliphatic carbocycles. The number of aromatic nitrogens is 1. The molecule has 1 saturated heterocycles. The monoisotopic (exact) mass is 368 g/mol. The number of benzene rings is 1. The average Bonchev–Trinajstić information content (AvgIpc) is 2.68. The molecule has 1 aliphatic heterocycles. The third-order valence-electron chi connectivity index (χ3n) is 4.92. The minimum absolute atomic E-state index is 0.0588. The molecule has 3 rings (SSSR count). The fourth-order valence-electron chi connectivity index (χ4n) is 3.49. The van der Waals surface area contributed by atoms with Gasteiger partial charge in [0.25, 0.3) is 5.91 Å². The average molecular weight is 368 g/mol. The zero-order chi connectivity index (χ0) is 19.4. The molecule has 27 heavy (non-hydrogen) atoms. The molecule has 0 radical (unpaired) electrons. The Kier molecular flexibility index (Phi) is 5.99. The van der Waals surface area contributed by atoms with Crippen molar-refractivity contribution in [2.75, 3.05) is 13.1 Å². The number of carbonyl (C=O) groups excluding carboxylic acids is 2. The number of hydrogen-bond acceptors (Lipinski definition) is 3. The van der Waals surface area contributed by atoms with Gasteiger partial charge in [0.05, 0.1) is 11.3 Å². The third-order valence-corrected chi connectivity index (χ3v) is 4.92. The van der Waals surface area contributed by atoms with E-state index in [0.29, 0.717) is 36.7 Å². The number of pyridine rings is 1. The molecule has 0 bridgehead atoms. The molecule has 0 spiro atoms. The summed E-state index contributed by atoms with van der Waals surface area (Å²) < 4.78 is 13.0. The highest BCUT2D eigenvalue weighted by molar-refractivity contribution is 5.94. The lowest BCUT2D eigenvalue weighted by Gasteiger charge is -2.32. The standard InChI is InChI=1S/C22H25FN2O2/c1-15(2)12-21(26)18-4-3-11-25(14-18)22(27)17-7-10-20(24-13-17)16-5-8-19(23)9-6-16/h5-10,13,15,18H,3-4,11-12,14H2,1-2H3. The molecule has 2 aromatic rings. The van der Waals surface area contributed by atoms with Gasteiger partial charge in [0.2, 0.25) is 0 Å². The van der Waals surface area contributed by atoms with Gasteiger partial charge in [-0.25, -0.2) is 4.39 Å². The summed E-state index contributed by atoms with van der Waals surface area (Å²) in [6, 6.07) is 9.61. The zero-order valence-electron chi connectivity index (χ0n) is 15.8. The van der Waals surface area contributed by atoms with E-state index in [2.05, 4.69) is 4.98 Å². The van der Waals surface area contributed by atoms with Crippen LogP contribution < -0.4 is 0 Å². The Labute approximate surface area is 159 Å². The molecule has 0 N–H and O–H groups in total. The second-order valence-corrected chi connectivity index (χ2v) is 7.59. The van der Waals surface area contributed by atoms with Crippen LogP contribution in [0.5, 0.6) is 0 Å². The minimum Gasteiger partial charge on any atom is -0.338 e. The number of carbonyl (C=O) groups is 2. The third kappa shape index (κ3) is 4.79. The van der Waals surface area contributed by atoms with Gasteiger partial charge >= 0.3 is 0 Å². The van der Waals surface area contributed by atoms with Gasteiger partial charge in [-0.1, -0.05) is 13.8 Å². The quantitative estimate of drug-likeness (QED) is 0.788. The zero-order valence-corrected chi connectivity index (χ0v) is 15.8. The molecule has 4 nitrogen and oxygen atoms in total. The molecule has 1 fully saturated rings. The molecular weight excluding hydrogens is 343 g/mol. The van der Waals surface area contributed by atoms with E-state index in [1.807, 2.05) is 13.8 Å². The first-order valence-corrected chi connectivity index (χ1v) is 9.48. The number of ketones is 1. The first-order valence-electron chi connectivity index (χ1n) is 9.48. The van der Waals surface area contributed by atoms with Crippen LogP contribution >= 0.6 is 0 Å². The number of Topliss-reactive ketones (excluding diaryl/α,β-unsaturated/α-hetero) is 1. The summed E-state index contributed by atoms with van der Waals surface area (Å²) in [5.74, 6) is 0.156. The summed E-state index contributed by atoms with van der Waals surface area (Å²) in [7, 11) is 0. The number of hydrogen-bond donors (Lipinski definition) is 0. The maximum Gasteiger partial charge on any atom is 0.255 e. The number of halogens is 1. The smallest absolute Gasteiger partial charge is 0.255 e. The van der Waals surface area contributed by atoms with Crippen LogP contribution in [0.1, 0.15) is 43.5 Å². The van der Waals surface area contributed by atoms with E-state index in [0.717, 1.165) is 18.4 Å². The highest BCUT2D eigenvalue weighted by Gasteiger charge is 2.29. The first-order chi connectivity index (χ1) is 12.9. The van der Waals surface area contributed by atoms with Gasteiger partial charge in [-0.05, 0) is 55.2 Å². The Morgan fingerprint density at radius 3 is 2.56 bits per heavy atom. The molecule has 0 saturated carbocycles. The van der Waals surface area contributed by atoms with Crippen molar-refractivity contribution in [2.45, 2.75) is 33.1 Å². The van der Waals surface area contributed by atoms with Crippen molar-refractivity contribution in [1.82, 2.24) is 9.88 Å². The molecule has 1 aromatic heterocycles. The molecule has 1 aromatic carbocycles. The lowest BCUT2D eigenvalue weighted by Crippen LogP contribution is -2.42. The van der Waals surface area contributed by atoms with Crippen molar-refractivity contribution < 1.29 is 14.0 Å². The maximum absolute atomic E-state index is 13.0. The number of likely N-dealkylation sites (tertiary alicyclic amines) is 1. The lowest BCUT2D eigenvalue weighted by atomic mass is 9.89. The van der Waals surface area contributed by atoms with E-state index in [1.54, 1.807) is 35.4 Å². The number of piperidine rings is 1. The number of rotatable bonds is 5. The van der Waals surface area contributed by atoms with Crippen LogP contribution in [0.2, 0.25) is 0 Å². The minimum atomic E-state index is -0.294. The Bertz CT molecular complexity index is 800. The second kappa shape index (κ2) is 8.42. The van der Waals surface area contributed by atoms with Crippen LogP contribution in [0.3, 0.4) is 0 Å². The van der Waals surface area contributed by atoms with Gasteiger partial charge in [-0.2, -0.15) is 0 Å². The summed E-state index contributed by atoms with van der Waals surface area (Å²) in [4.78, 5) is 31.3. The van der Waals surface area contributed by atoms with Crippen molar-refractivity contribution in [2.24, 2.45) is 11.8 Å². The van der Waals surface area contributed by atoms with Gasteiger partial charge in [0.1, 0.15) is 11.6 Å². The summed E-state index contributed by atoms with van der Waals surface area (Å²) in [6.07, 6.45) is 3.83. The highest BCUT2D eigenvalue weighted by atomic mass is 19.1. The van der Waals surface area contributed by atoms with Gasteiger partial charge in [-0.15, -0.1) is 0 Å². The molecule has 1 aliphatic rings. The fourth-order valence-corrected chi connectivity index (χ4v) is 3.49. The summed E-state index contributed by atoms with van der Waals surface area (Å²) >= 11 is 0. The van der Waals surface area contributed by atoms with Crippen LogP contribution in [0.15, 0.2) is 42.6 Å². The van der Waals surface area contributed by atoms with E-state index in [1.165, 1.54) is 12.1 Å². The fraction of sp³-hybridized carbons (Fsp3) is 0.409. The van der Waals surface area contributed by atoms with E-state index in [-0.39, 0.29) is 23.4 Å². The van der Waals surface area contributed by atoms with Crippen molar-refractivity contribution in [1.29, 1.82) is 0 Å². The molecule has 1 atom stereocenters. The normalized spacial score (nSPS) is 17.2. The molecule has 1 unspecified atom stereocenters. The van der Waals surface area contributed by atoms with E-state index in [9.17, 15) is 14.0 Å². The van der Waals surface area contributed by atoms with Crippen LogP contribution in [0, 0.1) is 17.7 Å². The molecule has 142 valence electrons. The Morgan fingerprint density at radius 1 is 1.19 bits per heavy atom. The van der Waals surface area contributed by atoms with Crippen LogP contribution in [0.4, 0.5) is 4.39 Å². The van der Waals surface area contributed by atoms with Crippen LogP contribution in [-0.2, 0) is 4.79 Å². The number of nitrogens with zero attached hydrogens (tertiary/aromatic N) is 2. The molecule has 1 amide bonds. The van der Waals surface area contributed by atoms with Crippen molar-refractivity contribution >= 4 is 11.7 Å². The number of amides is 1. The Hall–Kier alpha value is -2.56. The van der Waals surface area contributed by atoms with Crippen molar-refractivity contribution in [3.63, 3.8) is 0 Å². The highest BCUT2D eigenvalue weighted by Crippen LogP contribution is 2.23. The maximum atomic E-state index is 13.0. The second-order valence-electron chi connectivity index (χ2n) is 7.59.